The molecule has 0 spiro atoms. The third-order valence-corrected chi connectivity index (χ3v) is 5.19. The molecule has 0 unspecified atom stereocenters. The number of rotatable bonds is 6. The van der Waals surface area contributed by atoms with Crippen LogP contribution in [0.3, 0.4) is 0 Å². The summed E-state index contributed by atoms with van der Waals surface area (Å²) in [4.78, 5) is 11.9. The minimum atomic E-state index is -4.86. The second kappa shape index (κ2) is 8.18. The van der Waals surface area contributed by atoms with Crippen molar-refractivity contribution >= 4 is 21.4 Å². The lowest BCUT2D eigenvalue weighted by Crippen LogP contribution is -2.17. The topological polar surface area (TPSA) is 72.5 Å². The molecule has 3 aromatic rings. The number of anilines is 1. The molecule has 3 rings (SSSR count). The van der Waals surface area contributed by atoms with Crippen LogP contribution >= 0.6 is 0 Å². The molecule has 0 saturated heterocycles. The van der Waals surface area contributed by atoms with E-state index in [2.05, 4.69) is 5.32 Å². The third-order valence-electron chi connectivity index (χ3n) is 3.75. The molecule has 0 aromatic heterocycles. The summed E-state index contributed by atoms with van der Waals surface area (Å²) in [5.74, 6) is -3.27. The van der Waals surface area contributed by atoms with Gasteiger partial charge in [-0.3, -0.25) is 4.79 Å². The van der Waals surface area contributed by atoms with Gasteiger partial charge in [0.15, 0.2) is 0 Å². The molecule has 8 heteroatoms. The largest absolute Gasteiger partial charge is 0.457 e. The van der Waals surface area contributed by atoms with Crippen LogP contribution in [0.2, 0.25) is 0 Å². The number of amides is 1. The summed E-state index contributed by atoms with van der Waals surface area (Å²) in [6.45, 7) is 0. The fourth-order valence-corrected chi connectivity index (χ4v) is 3.32. The van der Waals surface area contributed by atoms with Crippen LogP contribution < -0.4 is 10.1 Å². The zero-order valence-corrected chi connectivity index (χ0v) is 15.2. The molecule has 0 aliphatic rings. The van der Waals surface area contributed by atoms with E-state index in [1.165, 1.54) is 30.3 Å². The first-order valence-electron chi connectivity index (χ1n) is 8.13. The van der Waals surface area contributed by atoms with E-state index in [-0.39, 0.29) is 11.3 Å². The smallest absolute Gasteiger partial charge is 0.341 e. The van der Waals surface area contributed by atoms with Gasteiger partial charge in [-0.2, -0.15) is 8.78 Å². The van der Waals surface area contributed by atoms with E-state index in [1.807, 2.05) is 6.07 Å². The number of alkyl halides is 2. The van der Waals surface area contributed by atoms with Crippen molar-refractivity contribution in [2.24, 2.45) is 0 Å². The van der Waals surface area contributed by atoms with Gasteiger partial charge in [-0.15, -0.1) is 0 Å². The molecule has 0 fully saturated rings. The molecular formula is C20H15F2NO4S. The standard InChI is InChI=1S/C20H15F2NO4S/c21-20(22)28(25,26)18-12-5-4-11-17(18)23-19(24)14-7-6-10-16(13-14)27-15-8-2-1-3-9-15/h1-13,20H,(H,23,24). The summed E-state index contributed by atoms with van der Waals surface area (Å²) >= 11 is 0. The van der Waals surface area contributed by atoms with Gasteiger partial charge in [-0.1, -0.05) is 36.4 Å². The van der Waals surface area contributed by atoms with Crippen LogP contribution in [0.4, 0.5) is 14.5 Å². The van der Waals surface area contributed by atoms with Gasteiger partial charge in [0.05, 0.1) is 10.6 Å². The highest BCUT2D eigenvalue weighted by Gasteiger charge is 2.29. The molecule has 1 amide bonds. The fraction of sp³-hybridized carbons (Fsp3) is 0.0500. The van der Waals surface area contributed by atoms with E-state index in [0.29, 0.717) is 11.5 Å². The van der Waals surface area contributed by atoms with Gasteiger partial charge in [0, 0.05) is 5.56 Å². The molecule has 0 aliphatic carbocycles. The fourth-order valence-electron chi connectivity index (χ4n) is 2.43. The number of carbonyl (C=O) groups excluding carboxylic acids is 1. The maximum Gasteiger partial charge on any atom is 0.341 e. The van der Waals surface area contributed by atoms with Gasteiger partial charge in [-0.05, 0) is 42.5 Å². The van der Waals surface area contributed by atoms with Crippen molar-refractivity contribution < 1.29 is 26.7 Å². The van der Waals surface area contributed by atoms with Crippen LogP contribution in [0.15, 0.2) is 83.8 Å². The Morgan fingerprint density at radius 3 is 2.21 bits per heavy atom. The molecule has 0 radical (unpaired) electrons. The van der Waals surface area contributed by atoms with E-state index < -0.39 is 26.4 Å². The molecular weight excluding hydrogens is 388 g/mol. The second-order valence-electron chi connectivity index (χ2n) is 5.70. The number of sulfone groups is 1. The highest BCUT2D eigenvalue weighted by molar-refractivity contribution is 7.91. The number of carbonyl (C=O) groups is 1. The highest BCUT2D eigenvalue weighted by Crippen LogP contribution is 2.27. The van der Waals surface area contributed by atoms with E-state index in [0.717, 1.165) is 6.07 Å². The number of ether oxygens (including phenoxy) is 1. The van der Waals surface area contributed by atoms with Crippen molar-refractivity contribution in [1.29, 1.82) is 0 Å². The summed E-state index contributed by atoms with van der Waals surface area (Å²) in [6, 6.07) is 20.1. The first kappa shape index (κ1) is 19.5. The molecule has 0 atom stereocenters. The zero-order valence-electron chi connectivity index (χ0n) is 14.4. The lowest BCUT2D eigenvalue weighted by Gasteiger charge is -2.12. The predicted octanol–water partition coefficient (Wildman–Crippen LogP) is 4.73. The Hall–Kier alpha value is -3.26. The van der Waals surface area contributed by atoms with Crippen LogP contribution in [0, 0.1) is 0 Å². The van der Waals surface area contributed by atoms with Gasteiger partial charge in [0.1, 0.15) is 11.5 Å². The summed E-state index contributed by atoms with van der Waals surface area (Å²) in [5.41, 5.74) is -0.0418. The molecule has 0 aliphatic heterocycles. The molecule has 5 nitrogen and oxygen atoms in total. The van der Waals surface area contributed by atoms with Crippen molar-refractivity contribution in [3.63, 3.8) is 0 Å². The Labute approximate surface area is 160 Å². The molecule has 0 heterocycles. The Kier molecular flexibility index (Phi) is 5.70. The maximum atomic E-state index is 12.9. The predicted molar refractivity (Wildman–Crippen MR) is 101 cm³/mol. The van der Waals surface area contributed by atoms with Gasteiger partial charge in [-0.25, -0.2) is 8.42 Å². The molecule has 3 aromatic carbocycles. The van der Waals surface area contributed by atoms with E-state index >= 15 is 0 Å². The lowest BCUT2D eigenvalue weighted by molar-refractivity contribution is 0.102. The van der Waals surface area contributed by atoms with Crippen molar-refractivity contribution in [3.05, 3.63) is 84.4 Å². The second-order valence-corrected chi connectivity index (χ2v) is 7.59. The molecule has 0 saturated carbocycles. The number of benzene rings is 3. The Balaban J connectivity index is 1.84. The van der Waals surface area contributed by atoms with Crippen molar-refractivity contribution in [2.45, 2.75) is 10.7 Å². The van der Waals surface area contributed by atoms with Gasteiger partial charge >= 0.3 is 5.76 Å². The highest BCUT2D eigenvalue weighted by atomic mass is 32.2. The van der Waals surface area contributed by atoms with E-state index in [4.69, 9.17) is 4.74 Å². The number of hydrogen-bond acceptors (Lipinski definition) is 4. The van der Waals surface area contributed by atoms with Crippen LogP contribution in [-0.2, 0) is 9.84 Å². The normalized spacial score (nSPS) is 11.2. The summed E-state index contributed by atoms with van der Waals surface area (Å²) in [7, 11) is -4.86. The number of para-hydroxylation sites is 2. The average molecular weight is 403 g/mol. The lowest BCUT2D eigenvalue weighted by atomic mass is 10.2. The SMILES string of the molecule is O=C(Nc1ccccc1S(=O)(=O)C(F)F)c1cccc(Oc2ccccc2)c1. The molecule has 0 bridgehead atoms. The molecule has 144 valence electrons. The van der Waals surface area contributed by atoms with Gasteiger partial charge in [0.2, 0.25) is 9.84 Å². The monoisotopic (exact) mass is 403 g/mol. The van der Waals surface area contributed by atoms with Crippen molar-refractivity contribution in [1.82, 2.24) is 0 Å². The molecule has 1 N–H and O–H groups in total. The minimum absolute atomic E-state index is 0.178. The first-order valence-corrected chi connectivity index (χ1v) is 9.68. The van der Waals surface area contributed by atoms with E-state index in [1.54, 1.807) is 36.4 Å². The summed E-state index contributed by atoms with van der Waals surface area (Å²) < 4.78 is 55.0. The average Bonchev–Trinajstić information content (AvgIpc) is 2.69. The number of halogens is 2. The van der Waals surface area contributed by atoms with E-state index in [9.17, 15) is 22.0 Å². The van der Waals surface area contributed by atoms with Crippen LogP contribution in [0.5, 0.6) is 11.5 Å². The Morgan fingerprint density at radius 1 is 0.857 bits per heavy atom. The number of hydrogen-bond donors (Lipinski definition) is 1. The van der Waals surface area contributed by atoms with Gasteiger partial charge < -0.3 is 10.1 Å². The summed E-state index contributed by atoms with van der Waals surface area (Å²) in [5, 5.41) is 2.37. The first-order chi connectivity index (χ1) is 13.4. The maximum absolute atomic E-state index is 12.9. The Bertz CT molecular complexity index is 1090. The van der Waals surface area contributed by atoms with Crippen LogP contribution in [-0.4, -0.2) is 20.1 Å². The van der Waals surface area contributed by atoms with Crippen molar-refractivity contribution in [3.8, 4) is 11.5 Å². The van der Waals surface area contributed by atoms with Crippen LogP contribution in [0.1, 0.15) is 10.4 Å². The Morgan fingerprint density at radius 2 is 1.50 bits per heavy atom. The summed E-state index contributed by atoms with van der Waals surface area (Å²) in [6.07, 6.45) is 0. The quantitative estimate of drug-likeness (QED) is 0.646. The van der Waals surface area contributed by atoms with Crippen LogP contribution in [0.25, 0.3) is 0 Å². The zero-order chi connectivity index (χ0) is 20.1. The van der Waals surface area contributed by atoms with Crippen molar-refractivity contribution in [2.75, 3.05) is 5.32 Å². The third kappa shape index (κ3) is 4.34. The molecule has 28 heavy (non-hydrogen) atoms. The minimum Gasteiger partial charge on any atom is -0.457 e. The number of nitrogens with one attached hydrogen (secondary N) is 1. The van der Waals surface area contributed by atoms with Gasteiger partial charge in [0.25, 0.3) is 5.91 Å².